The molecule has 270 valence electrons. The van der Waals surface area contributed by atoms with Crippen LogP contribution in [0.2, 0.25) is 0 Å². The van der Waals surface area contributed by atoms with Crippen LogP contribution in [0.4, 0.5) is 27.9 Å². The lowest BCUT2D eigenvalue weighted by molar-refractivity contribution is -0.0385. The molecule has 0 radical (unpaired) electrons. The number of hydrogen-bond donors (Lipinski definition) is 1. The third-order valence-electron chi connectivity index (χ3n) is 10.9. The summed E-state index contributed by atoms with van der Waals surface area (Å²) in [5.41, 5.74) is 4.09. The predicted octanol–water partition coefficient (Wildman–Crippen LogP) is 9.26. The maximum absolute atomic E-state index is 17.3. The largest absolute Gasteiger partial charge is 0.388 e. The van der Waals surface area contributed by atoms with Crippen molar-refractivity contribution in [2.45, 2.75) is 108 Å². The number of alkyl halides is 5. The third-order valence-corrected chi connectivity index (χ3v) is 10.9. The minimum Gasteiger partial charge on any atom is -0.388 e. The Balaban J connectivity index is 1.42. The van der Waals surface area contributed by atoms with Gasteiger partial charge in [-0.15, -0.1) is 0 Å². The molecule has 3 aliphatic rings. The van der Waals surface area contributed by atoms with Gasteiger partial charge in [-0.05, 0) is 61.0 Å². The Bertz CT molecular complexity index is 1690. The van der Waals surface area contributed by atoms with E-state index in [1.807, 2.05) is 19.0 Å². The Kier molecular flexibility index (Phi) is 9.78. The van der Waals surface area contributed by atoms with Crippen molar-refractivity contribution >= 4 is 11.6 Å². The number of piperidine rings is 1. The second kappa shape index (κ2) is 13.5. The number of benzene rings is 1. The molecule has 2 atom stereocenters. The number of rotatable bonds is 8. The second-order valence-corrected chi connectivity index (χ2v) is 15.6. The zero-order valence-electron chi connectivity index (χ0n) is 29.6. The normalized spacial score (nSPS) is 21.8. The molecular weight excluding hydrogens is 649 g/mol. The van der Waals surface area contributed by atoms with Crippen LogP contribution in [0.1, 0.15) is 135 Å². The lowest BCUT2D eigenvalue weighted by atomic mass is 9.68. The van der Waals surface area contributed by atoms with E-state index >= 15 is 4.39 Å². The molecule has 1 aliphatic heterocycles. The summed E-state index contributed by atoms with van der Waals surface area (Å²) in [6.07, 6.45) is 2.75. The molecule has 3 aromatic rings. The van der Waals surface area contributed by atoms with Crippen molar-refractivity contribution in [3.8, 4) is 0 Å². The zero-order valence-corrected chi connectivity index (χ0v) is 29.6. The van der Waals surface area contributed by atoms with Crippen LogP contribution in [-0.4, -0.2) is 58.1 Å². The van der Waals surface area contributed by atoms with E-state index in [1.165, 1.54) is 24.3 Å². The van der Waals surface area contributed by atoms with Crippen molar-refractivity contribution in [2.75, 3.05) is 32.1 Å². The van der Waals surface area contributed by atoms with Gasteiger partial charge in [0.1, 0.15) is 0 Å². The van der Waals surface area contributed by atoms with Gasteiger partial charge in [-0.3, -0.25) is 4.98 Å². The first-order chi connectivity index (χ1) is 23.4. The third kappa shape index (κ3) is 7.39. The monoisotopic (exact) mass is 697 g/mol. The van der Waals surface area contributed by atoms with Gasteiger partial charge in [-0.1, -0.05) is 44.7 Å². The highest BCUT2D eigenvalue weighted by molar-refractivity contribution is 5.60. The standard InChI is InChI=1S/C39H48F5N5O/c1-23(48(5)6)27-21-45-36(46-22-27)49-17-13-26(14-18-49)35-33(34(40)25-7-9-28(10-8-25)38(4,41)42)31(24-11-15-39(43,44)16-12-24)32-29(47-35)19-37(2,3)20-30(32)50/h7-10,21-22,24,26,30,34,50H,1,11-20H2,2-6H3. The number of aromatic nitrogens is 3. The molecule has 0 amide bonds. The molecule has 0 bridgehead atoms. The summed E-state index contributed by atoms with van der Waals surface area (Å²) in [5.74, 6) is -5.85. The van der Waals surface area contributed by atoms with Gasteiger partial charge in [0.2, 0.25) is 11.9 Å². The van der Waals surface area contributed by atoms with E-state index in [4.69, 9.17) is 4.98 Å². The smallest absolute Gasteiger partial charge is 0.270 e. The molecular formula is C39H48F5N5O. The Hall–Kier alpha value is -3.60. The molecule has 2 unspecified atom stereocenters. The van der Waals surface area contributed by atoms with Gasteiger partial charge in [-0.2, -0.15) is 0 Å². The van der Waals surface area contributed by atoms with E-state index < -0.39 is 30.0 Å². The van der Waals surface area contributed by atoms with E-state index in [0.29, 0.717) is 72.8 Å². The van der Waals surface area contributed by atoms with Crippen LogP contribution >= 0.6 is 0 Å². The Morgan fingerprint density at radius 1 is 0.980 bits per heavy atom. The maximum atomic E-state index is 17.3. The molecule has 1 N–H and O–H groups in total. The fourth-order valence-electron chi connectivity index (χ4n) is 8.06. The van der Waals surface area contributed by atoms with Crippen molar-refractivity contribution in [1.82, 2.24) is 19.9 Å². The summed E-state index contributed by atoms with van der Waals surface area (Å²) in [5, 5.41) is 11.6. The van der Waals surface area contributed by atoms with Crippen LogP contribution in [0, 0.1) is 5.41 Å². The lowest BCUT2D eigenvalue weighted by Crippen LogP contribution is -2.36. The first-order valence-corrected chi connectivity index (χ1v) is 17.6. The molecule has 1 saturated heterocycles. The van der Waals surface area contributed by atoms with Crippen LogP contribution in [-0.2, 0) is 12.3 Å². The first kappa shape index (κ1) is 36.2. The van der Waals surface area contributed by atoms with Gasteiger partial charge in [0.05, 0.1) is 11.8 Å². The molecule has 50 heavy (non-hydrogen) atoms. The maximum Gasteiger partial charge on any atom is 0.270 e. The van der Waals surface area contributed by atoms with Crippen LogP contribution in [0.5, 0.6) is 0 Å². The summed E-state index contributed by atoms with van der Waals surface area (Å²) in [7, 11) is 3.81. The highest BCUT2D eigenvalue weighted by Gasteiger charge is 2.43. The molecule has 0 spiro atoms. The number of aliphatic hydroxyl groups excluding tert-OH is 1. The van der Waals surface area contributed by atoms with Gasteiger partial charge in [-0.25, -0.2) is 31.9 Å². The molecule has 1 saturated carbocycles. The van der Waals surface area contributed by atoms with Gasteiger partial charge >= 0.3 is 0 Å². The molecule has 11 heteroatoms. The number of hydrogen-bond acceptors (Lipinski definition) is 6. The van der Waals surface area contributed by atoms with Crippen molar-refractivity contribution in [2.24, 2.45) is 5.41 Å². The SMILES string of the molecule is C=C(c1cnc(N2CCC(c3nc4c(c(C5CCC(F)(F)CC5)c3C(F)c3ccc(C(C)(F)F)cc3)C(O)CC(C)(C)C4)CC2)nc1)N(C)C. The molecule has 6 nitrogen and oxygen atoms in total. The van der Waals surface area contributed by atoms with Crippen LogP contribution in [0.25, 0.3) is 5.70 Å². The van der Waals surface area contributed by atoms with Crippen molar-refractivity contribution in [3.05, 3.63) is 88.0 Å². The number of halogens is 5. The van der Waals surface area contributed by atoms with Crippen molar-refractivity contribution in [3.63, 3.8) is 0 Å². The highest BCUT2D eigenvalue weighted by Crippen LogP contribution is 2.52. The summed E-state index contributed by atoms with van der Waals surface area (Å²) in [6, 6.07) is 5.24. The molecule has 1 aromatic carbocycles. The van der Waals surface area contributed by atoms with Gasteiger partial charge in [0.15, 0.2) is 6.17 Å². The number of pyridine rings is 1. The van der Waals surface area contributed by atoms with Crippen molar-refractivity contribution < 1.29 is 27.1 Å². The molecule has 3 heterocycles. The summed E-state index contributed by atoms with van der Waals surface area (Å²) >= 11 is 0. The number of anilines is 1. The van der Waals surface area contributed by atoms with Gasteiger partial charge in [0.25, 0.3) is 5.92 Å². The van der Waals surface area contributed by atoms with E-state index in [2.05, 4.69) is 35.3 Å². The summed E-state index contributed by atoms with van der Waals surface area (Å²) < 4.78 is 74.5. The summed E-state index contributed by atoms with van der Waals surface area (Å²) in [4.78, 5) is 18.3. The van der Waals surface area contributed by atoms with E-state index in [1.54, 1.807) is 12.4 Å². The van der Waals surface area contributed by atoms with Gasteiger partial charge in [0, 0.05) is 98.9 Å². The molecule has 2 aromatic heterocycles. The average molecular weight is 698 g/mol. The van der Waals surface area contributed by atoms with Gasteiger partial charge < -0.3 is 14.9 Å². The Labute approximate surface area is 291 Å². The van der Waals surface area contributed by atoms with Crippen LogP contribution in [0.3, 0.4) is 0 Å². The Morgan fingerprint density at radius 2 is 1.58 bits per heavy atom. The van der Waals surface area contributed by atoms with Crippen LogP contribution in [0.15, 0.2) is 43.2 Å². The number of aliphatic hydroxyl groups is 1. The first-order valence-electron chi connectivity index (χ1n) is 17.6. The van der Waals surface area contributed by atoms with E-state index in [9.17, 15) is 22.7 Å². The second-order valence-electron chi connectivity index (χ2n) is 15.6. The topological polar surface area (TPSA) is 65.4 Å². The Morgan fingerprint density at radius 3 is 2.14 bits per heavy atom. The molecule has 6 rings (SSSR count). The lowest BCUT2D eigenvalue weighted by Gasteiger charge is -2.41. The minimum absolute atomic E-state index is 0.158. The highest BCUT2D eigenvalue weighted by atomic mass is 19.3. The molecule has 2 fully saturated rings. The fraction of sp³-hybridized carbons (Fsp3) is 0.564. The minimum atomic E-state index is -3.09. The van der Waals surface area contributed by atoms with Crippen LogP contribution < -0.4 is 4.90 Å². The van der Waals surface area contributed by atoms with E-state index in [-0.39, 0.29) is 48.1 Å². The zero-order chi connectivity index (χ0) is 36.2. The average Bonchev–Trinajstić information content (AvgIpc) is 3.06. The van der Waals surface area contributed by atoms with Crippen molar-refractivity contribution in [1.29, 1.82) is 0 Å². The quantitative estimate of drug-likeness (QED) is 0.237. The number of nitrogens with zero attached hydrogens (tertiary/aromatic N) is 5. The number of fused-ring (bicyclic) bond motifs is 1. The predicted molar refractivity (Wildman–Crippen MR) is 185 cm³/mol. The fourth-order valence-corrected chi connectivity index (χ4v) is 8.06. The summed E-state index contributed by atoms with van der Waals surface area (Å²) in [6.45, 7) is 10.2. The molecule has 2 aliphatic carbocycles. The van der Waals surface area contributed by atoms with E-state index in [0.717, 1.165) is 18.2 Å².